The van der Waals surface area contributed by atoms with Crippen LogP contribution >= 0.6 is 0 Å². The van der Waals surface area contributed by atoms with Gasteiger partial charge in [-0.2, -0.15) is 19.6 Å². The number of aromatic hydroxyl groups is 2. The molecule has 0 aliphatic carbocycles. The average Bonchev–Trinajstić information content (AvgIpc) is 3.47. The average molecular weight is 435 g/mol. The lowest BCUT2D eigenvalue weighted by Crippen LogP contribution is -2.29. The first-order valence-electron chi connectivity index (χ1n) is 10.3. The third kappa shape index (κ3) is 3.75. The summed E-state index contributed by atoms with van der Waals surface area (Å²) >= 11 is 0. The highest BCUT2D eigenvalue weighted by Crippen LogP contribution is 2.22. The van der Waals surface area contributed by atoms with Crippen molar-refractivity contribution in [1.29, 1.82) is 0 Å². The number of anilines is 1. The second kappa shape index (κ2) is 7.95. The van der Waals surface area contributed by atoms with E-state index in [4.69, 9.17) is 0 Å². The number of fused-ring (bicyclic) bond motifs is 1. The van der Waals surface area contributed by atoms with Crippen LogP contribution in [0.1, 0.15) is 30.5 Å². The van der Waals surface area contributed by atoms with Crippen LogP contribution in [-0.4, -0.2) is 54.0 Å². The summed E-state index contributed by atoms with van der Waals surface area (Å²) in [6, 6.07) is 11.0. The zero-order valence-electron chi connectivity index (χ0n) is 17.4. The van der Waals surface area contributed by atoms with Gasteiger partial charge in [0.2, 0.25) is 5.95 Å². The van der Waals surface area contributed by atoms with Crippen LogP contribution in [0.4, 0.5) is 10.3 Å². The standard InChI is InChI=1S/C22H22FN7O2/c1-13(14-5-3-2-4-6-14)25-21-27-19-16(9-15-10-18(31)26-20(15)32)11-24-30(19)22(28-21)29-8-7-17(23)12-29/h2-6,9-11,13,17,26,31-32H,7-8,12H2,1H3. The van der Waals surface area contributed by atoms with Crippen LogP contribution in [0.15, 0.2) is 47.6 Å². The quantitative estimate of drug-likeness (QED) is 0.449. The van der Waals surface area contributed by atoms with Crippen LogP contribution in [-0.2, 0) is 0 Å². The van der Waals surface area contributed by atoms with Gasteiger partial charge in [0.1, 0.15) is 6.17 Å². The van der Waals surface area contributed by atoms with Crippen LogP contribution in [0, 0.1) is 0 Å². The number of nitrogens with zero attached hydrogens (tertiary/aromatic N) is 6. The number of H-pyrrole nitrogens is 1. The maximum absolute atomic E-state index is 13.9. The van der Waals surface area contributed by atoms with Crippen LogP contribution < -0.4 is 15.7 Å². The van der Waals surface area contributed by atoms with Gasteiger partial charge in [0.25, 0.3) is 5.62 Å². The summed E-state index contributed by atoms with van der Waals surface area (Å²) in [7, 11) is 0. The molecule has 0 amide bonds. The number of benzene rings is 1. The molecule has 2 atom stereocenters. The molecule has 32 heavy (non-hydrogen) atoms. The first-order chi connectivity index (χ1) is 15.5. The Balaban J connectivity index is 1.69. The molecule has 1 saturated heterocycles. The minimum Gasteiger partial charge on any atom is -0.494 e. The second-order valence-electron chi connectivity index (χ2n) is 7.81. The van der Waals surface area contributed by atoms with Crippen molar-refractivity contribution < 1.29 is 14.6 Å². The lowest BCUT2D eigenvalue weighted by Gasteiger charge is -2.16. The molecule has 3 aromatic heterocycles. The minimum absolute atomic E-state index is 0.154. The Morgan fingerprint density at radius 3 is 2.75 bits per heavy atom. The summed E-state index contributed by atoms with van der Waals surface area (Å²) in [6.45, 7) is 2.71. The number of hydrogen-bond acceptors (Lipinski definition) is 7. The zero-order valence-corrected chi connectivity index (χ0v) is 17.4. The molecule has 1 aliphatic heterocycles. The van der Waals surface area contributed by atoms with E-state index in [9.17, 15) is 14.6 Å². The van der Waals surface area contributed by atoms with E-state index in [2.05, 4.69) is 25.0 Å². The third-order valence-corrected chi connectivity index (χ3v) is 5.49. The SMILES string of the molecule is CC(N=c1nc(N2CCC(F)C2)n2ncc(=Cc3cc(O)[nH]c3O)c2n1)c1ccccc1. The molecule has 0 saturated carbocycles. The van der Waals surface area contributed by atoms with Gasteiger partial charge in [0.05, 0.1) is 18.8 Å². The summed E-state index contributed by atoms with van der Waals surface area (Å²) in [6.07, 6.45) is 2.74. The van der Waals surface area contributed by atoms with Crippen LogP contribution in [0.5, 0.6) is 11.8 Å². The van der Waals surface area contributed by atoms with Gasteiger partial charge in [-0.25, -0.2) is 9.38 Å². The van der Waals surface area contributed by atoms with Gasteiger partial charge in [-0.15, -0.1) is 0 Å². The Morgan fingerprint density at radius 1 is 1.25 bits per heavy atom. The van der Waals surface area contributed by atoms with Gasteiger partial charge in [0, 0.05) is 23.4 Å². The molecule has 9 nitrogen and oxygen atoms in total. The summed E-state index contributed by atoms with van der Waals surface area (Å²) in [5.41, 5.74) is 2.15. The number of aromatic nitrogens is 5. The topological polar surface area (TPSA) is 115 Å². The van der Waals surface area contributed by atoms with Crippen molar-refractivity contribution in [1.82, 2.24) is 24.6 Å². The van der Waals surface area contributed by atoms with E-state index < -0.39 is 6.17 Å². The molecule has 1 fully saturated rings. The highest BCUT2D eigenvalue weighted by molar-refractivity contribution is 5.61. The van der Waals surface area contributed by atoms with Crippen molar-refractivity contribution in [3.05, 3.63) is 64.6 Å². The summed E-state index contributed by atoms with van der Waals surface area (Å²) in [5, 5.41) is 24.6. The Hall–Kier alpha value is -3.95. The van der Waals surface area contributed by atoms with Crippen LogP contribution in [0.2, 0.25) is 0 Å². The van der Waals surface area contributed by atoms with Crippen molar-refractivity contribution >= 4 is 17.7 Å². The van der Waals surface area contributed by atoms with E-state index in [1.54, 1.807) is 16.8 Å². The van der Waals surface area contributed by atoms with Crippen LogP contribution in [0.25, 0.3) is 11.7 Å². The van der Waals surface area contributed by atoms with Crippen molar-refractivity contribution in [2.75, 3.05) is 18.0 Å². The van der Waals surface area contributed by atoms with Gasteiger partial charge >= 0.3 is 0 Å². The predicted octanol–water partition coefficient (Wildman–Crippen LogP) is 1.62. The number of aromatic amines is 1. The molecule has 1 aliphatic rings. The van der Waals surface area contributed by atoms with Crippen molar-refractivity contribution in [2.45, 2.75) is 25.6 Å². The summed E-state index contributed by atoms with van der Waals surface area (Å²) < 4.78 is 15.5. The highest BCUT2D eigenvalue weighted by atomic mass is 19.1. The maximum atomic E-state index is 13.9. The van der Waals surface area contributed by atoms with E-state index in [0.717, 1.165) is 5.56 Å². The van der Waals surface area contributed by atoms with E-state index in [-0.39, 0.29) is 30.0 Å². The lowest BCUT2D eigenvalue weighted by molar-refractivity contribution is 0.364. The fourth-order valence-electron chi connectivity index (χ4n) is 3.84. The number of rotatable bonds is 4. The molecular weight excluding hydrogens is 413 g/mol. The van der Waals surface area contributed by atoms with E-state index in [0.29, 0.717) is 35.3 Å². The van der Waals surface area contributed by atoms with Gasteiger partial charge in [-0.3, -0.25) is 4.98 Å². The second-order valence-corrected chi connectivity index (χ2v) is 7.81. The fraction of sp³-hybridized carbons (Fsp3) is 0.273. The van der Waals surface area contributed by atoms with E-state index >= 15 is 0 Å². The third-order valence-electron chi connectivity index (χ3n) is 5.49. The largest absolute Gasteiger partial charge is 0.494 e. The first kappa shape index (κ1) is 20.0. The first-order valence-corrected chi connectivity index (χ1v) is 10.3. The highest BCUT2D eigenvalue weighted by Gasteiger charge is 2.26. The molecule has 0 spiro atoms. The number of hydrogen-bond donors (Lipinski definition) is 3. The molecule has 2 unspecified atom stereocenters. The smallest absolute Gasteiger partial charge is 0.250 e. The molecule has 10 heteroatoms. The maximum Gasteiger partial charge on any atom is 0.250 e. The molecule has 4 heterocycles. The van der Waals surface area contributed by atoms with Gasteiger partial charge in [-0.1, -0.05) is 30.3 Å². The lowest BCUT2D eigenvalue weighted by atomic mass is 10.1. The van der Waals surface area contributed by atoms with Crippen LogP contribution in [0.3, 0.4) is 0 Å². The molecule has 5 rings (SSSR count). The summed E-state index contributed by atoms with van der Waals surface area (Å²) in [5.74, 6) is 0.146. The number of halogens is 1. The number of nitrogens with one attached hydrogen (secondary N) is 1. The van der Waals surface area contributed by atoms with E-state index in [1.807, 2.05) is 42.2 Å². The van der Waals surface area contributed by atoms with Gasteiger partial charge < -0.3 is 15.1 Å². The molecule has 164 valence electrons. The van der Waals surface area contributed by atoms with Crippen molar-refractivity contribution in [3.8, 4) is 11.8 Å². The summed E-state index contributed by atoms with van der Waals surface area (Å²) in [4.78, 5) is 18.2. The molecular formula is C22H22FN7O2. The molecule has 0 radical (unpaired) electrons. The van der Waals surface area contributed by atoms with E-state index in [1.165, 1.54) is 6.07 Å². The minimum atomic E-state index is -0.926. The van der Waals surface area contributed by atoms with Crippen molar-refractivity contribution in [3.63, 3.8) is 0 Å². The molecule has 4 aromatic rings. The van der Waals surface area contributed by atoms with Gasteiger partial charge in [0.15, 0.2) is 17.4 Å². The monoisotopic (exact) mass is 435 g/mol. The predicted molar refractivity (Wildman–Crippen MR) is 116 cm³/mol. The Bertz CT molecular complexity index is 1380. The normalized spacial score (nSPS) is 18.7. The Labute approximate surface area is 182 Å². The molecule has 3 N–H and O–H groups in total. The molecule has 0 bridgehead atoms. The number of alkyl halides is 1. The zero-order chi connectivity index (χ0) is 22.2. The Kier molecular flexibility index (Phi) is 4.96. The van der Waals surface area contributed by atoms with Crippen molar-refractivity contribution in [2.24, 2.45) is 4.99 Å². The Morgan fingerprint density at radius 2 is 2.06 bits per heavy atom. The molecule has 1 aromatic carbocycles. The fourth-order valence-corrected chi connectivity index (χ4v) is 3.84. The van der Waals surface area contributed by atoms with Gasteiger partial charge in [-0.05, 0) is 25.0 Å².